The molecule has 1 aromatic carbocycles. The van der Waals surface area contributed by atoms with Crippen LogP contribution >= 0.6 is 39.9 Å². The Morgan fingerprint density at radius 3 is 2.50 bits per heavy atom. The lowest BCUT2D eigenvalue weighted by molar-refractivity contribution is 0.354. The van der Waals surface area contributed by atoms with E-state index in [0.717, 1.165) is 47.9 Å². The number of nitrogens with zero attached hydrogens (tertiary/aromatic N) is 3. The largest absolute Gasteiger partial charge is 0.493 e. The average molecular weight is 565 g/mol. The highest BCUT2D eigenvalue weighted by atomic mass is 127. The summed E-state index contributed by atoms with van der Waals surface area (Å²) in [4.78, 5) is 6.51. The SMILES string of the molecule is CN=C(NCCCc1ccc(OC)c(OC)c1)N(C)Cc1cc(Br)cn1C.I. The second-order valence-corrected chi connectivity index (χ2v) is 7.30. The Morgan fingerprint density at radius 1 is 1.21 bits per heavy atom. The first-order valence-corrected chi connectivity index (χ1v) is 9.71. The van der Waals surface area contributed by atoms with Crippen LogP contribution in [-0.2, 0) is 20.0 Å². The first kappa shape index (κ1) is 24.6. The molecule has 0 spiro atoms. The number of hydrogen-bond donors (Lipinski definition) is 1. The smallest absolute Gasteiger partial charge is 0.193 e. The summed E-state index contributed by atoms with van der Waals surface area (Å²) < 4.78 is 13.9. The number of benzene rings is 1. The maximum absolute atomic E-state index is 5.37. The maximum atomic E-state index is 5.37. The molecule has 0 aliphatic rings. The summed E-state index contributed by atoms with van der Waals surface area (Å²) in [5, 5.41) is 3.44. The summed E-state index contributed by atoms with van der Waals surface area (Å²) in [6.45, 7) is 1.64. The van der Waals surface area contributed by atoms with Gasteiger partial charge < -0.3 is 24.3 Å². The molecule has 0 saturated carbocycles. The van der Waals surface area contributed by atoms with Crippen LogP contribution in [0, 0.1) is 0 Å². The molecule has 28 heavy (non-hydrogen) atoms. The van der Waals surface area contributed by atoms with Crippen molar-refractivity contribution in [2.75, 3.05) is 34.9 Å². The molecule has 1 heterocycles. The van der Waals surface area contributed by atoms with Crippen molar-refractivity contribution in [1.29, 1.82) is 0 Å². The van der Waals surface area contributed by atoms with Gasteiger partial charge in [0.25, 0.3) is 0 Å². The van der Waals surface area contributed by atoms with Crippen molar-refractivity contribution in [2.45, 2.75) is 19.4 Å². The van der Waals surface area contributed by atoms with Crippen LogP contribution < -0.4 is 14.8 Å². The van der Waals surface area contributed by atoms with Gasteiger partial charge in [0.1, 0.15) is 0 Å². The van der Waals surface area contributed by atoms with Crippen molar-refractivity contribution in [3.63, 3.8) is 0 Å². The third kappa shape index (κ3) is 6.88. The fourth-order valence-electron chi connectivity index (χ4n) is 2.95. The Balaban J connectivity index is 0.00000392. The van der Waals surface area contributed by atoms with E-state index in [4.69, 9.17) is 9.47 Å². The highest BCUT2D eigenvalue weighted by Gasteiger charge is 2.10. The third-order valence-corrected chi connectivity index (χ3v) is 4.85. The summed E-state index contributed by atoms with van der Waals surface area (Å²) in [7, 11) is 9.22. The summed E-state index contributed by atoms with van der Waals surface area (Å²) >= 11 is 3.52. The van der Waals surface area contributed by atoms with E-state index in [-0.39, 0.29) is 24.0 Å². The number of aromatic nitrogens is 1. The van der Waals surface area contributed by atoms with Gasteiger partial charge in [0, 0.05) is 44.1 Å². The zero-order valence-electron chi connectivity index (χ0n) is 17.2. The molecule has 2 aromatic rings. The predicted molar refractivity (Wildman–Crippen MR) is 129 cm³/mol. The van der Waals surface area contributed by atoms with Gasteiger partial charge in [-0.15, -0.1) is 24.0 Å². The molecule has 0 aliphatic carbocycles. The summed E-state index contributed by atoms with van der Waals surface area (Å²) in [6.07, 6.45) is 4.01. The van der Waals surface area contributed by atoms with Crippen LogP contribution in [0.25, 0.3) is 0 Å². The lowest BCUT2D eigenvalue weighted by atomic mass is 10.1. The number of aryl methyl sites for hydroxylation is 2. The number of nitrogens with one attached hydrogen (secondary N) is 1. The zero-order valence-corrected chi connectivity index (χ0v) is 21.1. The van der Waals surface area contributed by atoms with Crippen molar-refractivity contribution < 1.29 is 9.47 Å². The maximum Gasteiger partial charge on any atom is 0.193 e. The van der Waals surface area contributed by atoms with Gasteiger partial charge in [-0.3, -0.25) is 4.99 Å². The Hall–Kier alpha value is -1.42. The number of rotatable bonds is 8. The number of aliphatic imine (C=N–C) groups is 1. The fraction of sp³-hybridized carbons (Fsp3) is 0.450. The van der Waals surface area contributed by atoms with E-state index in [1.165, 1.54) is 11.3 Å². The minimum absolute atomic E-state index is 0. The molecule has 2 rings (SSSR count). The minimum atomic E-state index is 0. The monoisotopic (exact) mass is 564 g/mol. The van der Waals surface area contributed by atoms with Gasteiger partial charge in [-0.25, -0.2) is 0 Å². The Morgan fingerprint density at radius 2 is 1.93 bits per heavy atom. The van der Waals surface area contributed by atoms with E-state index >= 15 is 0 Å². The lowest BCUT2D eigenvalue weighted by Crippen LogP contribution is -2.39. The van der Waals surface area contributed by atoms with Crippen LogP contribution in [0.4, 0.5) is 0 Å². The number of ether oxygens (including phenoxy) is 2. The van der Waals surface area contributed by atoms with E-state index in [2.05, 4.69) is 54.0 Å². The van der Waals surface area contributed by atoms with Gasteiger partial charge in [-0.1, -0.05) is 6.07 Å². The third-order valence-electron chi connectivity index (χ3n) is 4.42. The molecule has 1 N–H and O–H groups in total. The minimum Gasteiger partial charge on any atom is -0.493 e. The van der Waals surface area contributed by atoms with Crippen LogP contribution in [0.1, 0.15) is 17.7 Å². The molecule has 0 unspecified atom stereocenters. The van der Waals surface area contributed by atoms with E-state index in [1.54, 1.807) is 14.2 Å². The highest BCUT2D eigenvalue weighted by molar-refractivity contribution is 14.0. The van der Waals surface area contributed by atoms with Crippen LogP contribution in [0.5, 0.6) is 11.5 Å². The molecule has 0 amide bonds. The molecule has 0 aliphatic heterocycles. The molecule has 0 fully saturated rings. The highest BCUT2D eigenvalue weighted by Crippen LogP contribution is 2.27. The Labute approximate surface area is 193 Å². The van der Waals surface area contributed by atoms with Crippen LogP contribution in [0.15, 0.2) is 39.9 Å². The number of halogens is 2. The van der Waals surface area contributed by atoms with Crippen molar-refractivity contribution in [3.05, 3.63) is 46.2 Å². The van der Waals surface area contributed by atoms with Crippen molar-refractivity contribution in [3.8, 4) is 11.5 Å². The molecule has 0 saturated heterocycles. The standard InChI is InChI=1S/C20H29BrN4O2.HI/c1-22-20(25(3)14-17-12-16(21)13-24(17)2)23-10-6-7-15-8-9-18(26-4)19(11-15)27-5;/h8-9,11-13H,6-7,10,14H2,1-5H3,(H,22,23);1H. The molecule has 8 heteroatoms. The number of methoxy groups -OCH3 is 2. The molecule has 0 atom stereocenters. The van der Waals surface area contributed by atoms with Gasteiger partial charge in [-0.2, -0.15) is 0 Å². The number of guanidine groups is 1. The topological polar surface area (TPSA) is 51.0 Å². The van der Waals surface area contributed by atoms with Crippen molar-refractivity contribution >= 4 is 45.9 Å². The van der Waals surface area contributed by atoms with Crippen molar-refractivity contribution in [1.82, 2.24) is 14.8 Å². The van der Waals surface area contributed by atoms with Crippen molar-refractivity contribution in [2.24, 2.45) is 12.0 Å². The first-order valence-electron chi connectivity index (χ1n) is 8.92. The van der Waals surface area contributed by atoms with E-state index in [9.17, 15) is 0 Å². The van der Waals surface area contributed by atoms with Gasteiger partial charge in [-0.05, 0) is 52.5 Å². The average Bonchev–Trinajstić information content (AvgIpc) is 2.98. The quantitative estimate of drug-likeness (QED) is 0.227. The second-order valence-electron chi connectivity index (χ2n) is 6.38. The Bertz CT molecular complexity index is 780. The molecule has 0 radical (unpaired) electrons. The summed E-state index contributed by atoms with van der Waals surface area (Å²) in [5.41, 5.74) is 2.45. The van der Waals surface area contributed by atoms with Crippen LogP contribution in [0.2, 0.25) is 0 Å². The van der Waals surface area contributed by atoms with E-state index in [0.29, 0.717) is 0 Å². The lowest BCUT2D eigenvalue weighted by Gasteiger charge is -2.22. The Kier molecular flexibility index (Phi) is 10.7. The van der Waals surface area contributed by atoms with Gasteiger partial charge in [0.2, 0.25) is 0 Å². The number of hydrogen-bond acceptors (Lipinski definition) is 3. The normalized spacial score (nSPS) is 11.0. The molecule has 156 valence electrons. The molecule has 1 aromatic heterocycles. The molecule has 0 bridgehead atoms. The predicted octanol–water partition coefficient (Wildman–Crippen LogP) is 4.06. The van der Waals surface area contributed by atoms with Gasteiger partial charge in [0.15, 0.2) is 17.5 Å². The van der Waals surface area contributed by atoms with E-state index < -0.39 is 0 Å². The first-order chi connectivity index (χ1) is 13.0. The molecular formula is C20H30BrIN4O2. The van der Waals surface area contributed by atoms with Crippen LogP contribution in [-0.4, -0.2) is 50.3 Å². The van der Waals surface area contributed by atoms with E-state index in [1.807, 2.05) is 33.3 Å². The molecule has 6 nitrogen and oxygen atoms in total. The van der Waals surface area contributed by atoms with Gasteiger partial charge >= 0.3 is 0 Å². The fourth-order valence-corrected chi connectivity index (χ4v) is 3.53. The molecular weight excluding hydrogens is 535 g/mol. The van der Waals surface area contributed by atoms with Gasteiger partial charge in [0.05, 0.1) is 20.8 Å². The summed E-state index contributed by atoms with van der Waals surface area (Å²) in [5.74, 6) is 2.42. The second kappa shape index (κ2) is 12.2. The zero-order chi connectivity index (χ0) is 19.8. The summed E-state index contributed by atoms with van der Waals surface area (Å²) in [6, 6.07) is 8.19. The van der Waals surface area contributed by atoms with Crippen LogP contribution in [0.3, 0.4) is 0 Å².